The van der Waals surface area contributed by atoms with Crippen LogP contribution in [0.15, 0.2) is 30.3 Å². The number of nitrogens with one attached hydrogen (secondary N) is 1. The van der Waals surface area contributed by atoms with Gasteiger partial charge >= 0.3 is 0 Å². The van der Waals surface area contributed by atoms with Crippen LogP contribution in [0, 0.1) is 6.92 Å². The highest BCUT2D eigenvalue weighted by molar-refractivity contribution is 5.11. The quantitative estimate of drug-likeness (QED) is 0.358. The van der Waals surface area contributed by atoms with Gasteiger partial charge in [-0.25, -0.2) is 0 Å². The number of rotatable bonds is 0. The Labute approximate surface area is 61.0 Å². The molecule has 1 rings (SSSR count). The molecule has 0 bridgehead atoms. The molecule has 0 aromatic heterocycles. The molecule has 0 aliphatic rings. The van der Waals surface area contributed by atoms with Crippen LogP contribution in [-0.2, 0) is 0 Å². The van der Waals surface area contributed by atoms with Gasteiger partial charge in [-0.15, -0.1) is 0 Å². The zero-order valence-electron chi connectivity index (χ0n) is 6.04. The Kier molecular flexibility index (Phi) is 5.66. The van der Waals surface area contributed by atoms with Crippen LogP contribution in [0.25, 0.3) is 0 Å². The van der Waals surface area contributed by atoms with Crippen molar-refractivity contribution in [2.75, 3.05) is 0 Å². The summed E-state index contributed by atoms with van der Waals surface area (Å²) < 4.78 is 0. The fraction of sp³-hybridized carbons (Fsp3) is 0.143. The van der Waals surface area contributed by atoms with E-state index in [2.05, 4.69) is 30.7 Å². The molecule has 10 heavy (non-hydrogen) atoms. The maximum atomic E-state index is 4.38. The van der Waals surface area contributed by atoms with Crippen LogP contribution in [0.1, 0.15) is 5.56 Å². The number of hydrogen-bond donors (Lipinski definition) is 3. The van der Waals surface area contributed by atoms with Gasteiger partial charge in [0.25, 0.3) is 0 Å². The van der Waals surface area contributed by atoms with Crippen LogP contribution in [0.3, 0.4) is 0 Å². The van der Waals surface area contributed by atoms with E-state index in [1.807, 2.05) is 18.2 Å². The van der Waals surface area contributed by atoms with E-state index in [1.165, 1.54) is 5.56 Å². The summed E-state index contributed by atoms with van der Waals surface area (Å²) in [6, 6.07) is 10.3. The summed E-state index contributed by atoms with van der Waals surface area (Å²) >= 11 is 0. The van der Waals surface area contributed by atoms with Gasteiger partial charge in [0.2, 0.25) is 0 Å². The third-order valence-electron chi connectivity index (χ3n) is 0.940. The summed E-state index contributed by atoms with van der Waals surface area (Å²) in [5.74, 6) is 8.75. The summed E-state index contributed by atoms with van der Waals surface area (Å²) in [6.45, 7) is 2.08. The Balaban J connectivity index is 0.000000236. The van der Waals surface area contributed by atoms with Crippen molar-refractivity contribution in [2.24, 2.45) is 11.7 Å². The normalized spacial score (nSPS) is 7.90. The molecule has 0 unspecified atom stereocenters. The highest BCUT2D eigenvalue weighted by Crippen LogP contribution is 1.92. The molecule has 0 atom stereocenters. The Morgan fingerprint density at radius 3 is 1.70 bits per heavy atom. The van der Waals surface area contributed by atoms with Crippen molar-refractivity contribution in [1.82, 2.24) is 5.53 Å². The summed E-state index contributed by atoms with van der Waals surface area (Å²) in [5.41, 5.74) is 3.07. The van der Waals surface area contributed by atoms with Gasteiger partial charge in [0.1, 0.15) is 0 Å². The third kappa shape index (κ3) is 5.24. The molecule has 3 heteroatoms. The number of aryl methyl sites for hydroxylation is 1. The van der Waals surface area contributed by atoms with E-state index in [-0.39, 0.29) is 0 Å². The summed E-state index contributed by atoms with van der Waals surface area (Å²) in [7, 11) is 0. The predicted molar refractivity (Wildman–Crippen MR) is 42.7 cm³/mol. The molecule has 0 amide bonds. The molecular formula is C7H13N3. The monoisotopic (exact) mass is 139 g/mol. The van der Waals surface area contributed by atoms with E-state index in [1.54, 1.807) is 5.53 Å². The fourth-order valence-corrected chi connectivity index (χ4v) is 0.534. The molecule has 0 aliphatic heterocycles. The molecule has 3 nitrogen and oxygen atoms in total. The van der Waals surface area contributed by atoms with Crippen LogP contribution < -0.4 is 17.2 Å². The fourth-order valence-electron chi connectivity index (χ4n) is 0.534. The Hall–Kier alpha value is -0.900. The maximum absolute atomic E-state index is 4.38. The second kappa shape index (κ2) is 6.22. The molecule has 0 fully saturated rings. The van der Waals surface area contributed by atoms with E-state index in [0.29, 0.717) is 0 Å². The van der Waals surface area contributed by atoms with Crippen molar-refractivity contribution >= 4 is 0 Å². The molecular weight excluding hydrogens is 126 g/mol. The van der Waals surface area contributed by atoms with Gasteiger partial charge in [-0.05, 0) is 6.92 Å². The predicted octanol–water partition coefficient (Wildman–Crippen LogP) is 0.318. The average Bonchev–Trinajstić information content (AvgIpc) is 1.91. The first-order valence-corrected chi connectivity index (χ1v) is 2.99. The molecule has 5 N–H and O–H groups in total. The van der Waals surface area contributed by atoms with Crippen LogP contribution in [0.2, 0.25) is 0 Å². The van der Waals surface area contributed by atoms with Crippen LogP contribution >= 0.6 is 0 Å². The number of benzene rings is 1. The third-order valence-corrected chi connectivity index (χ3v) is 0.940. The van der Waals surface area contributed by atoms with Gasteiger partial charge in [0, 0.05) is 0 Å². The van der Waals surface area contributed by atoms with Crippen molar-refractivity contribution < 1.29 is 0 Å². The van der Waals surface area contributed by atoms with E-state index in [4.69, 9.17) is 0 Å². The summed E-state index contributed by atoms with van der Waals surface area (Å²) in [5, 5.41) is 0. The SMILES string of the molecule is Cc1ccccc1.NNN. The summed E-state index contributed by atoms with van der Waals surface area (Å²) in [4.78, 5) is 0. The van der Waals surface area contributed by atoms with Gasteiger partial charge in [0.05, 0.1) is 0 Å². The van der Waals surface area contributed by atoms with Crippen LogP contribution in [-0.4, -0.2) is 0 Å². The lowest BCUT2D eigenvalue weighted by Gasteiger charge is -1.82. The second-order valence-corrected chi connectivity index (χ2v) is 1.82. The summed E-state index contributed by atoms with van der Waals surface area (Å²) in [6.07, 6.45) is 0. The van der Waals surface area contributed by atoms with Crippen molar-refractivity contribution in [2.45, 2.75) is 6.92 Å². The minimum atomic E-state index is 1.32. The van der Waals surface area contributed by atoms with Crippen LogP contribution in [0.4, 0.5) is 0 Å². The largest absolute Gasteiger partial charge is 0.258 e. The minimum Gasteiger partial charge on any atom is -0.258 e. The highest BCUT2D eigenvalue weighted by Gasteiger charge is 1.72. The molecule has 0 aliphatic carbocycles. The van der Waals surface area contributed by atoms with Crippen molar-refractivity contribution in [3.8, 4) is 0 Å². The van der Waals surface area contributed by atoms with Crippen molar-refractivity contribution in [3.05, 3.63) is 35.9 Å². The van der Waals surface area contributed by atoms with Gasteiger partial charge < -0.3 is 0 Å². The first-order chi connectivity index (χ1) is 4.81. The van der Waals surface area contributed by atoms with Gasteiger partial charge in [-0.1, -0.05) is 35.9 Å². The van der Waals surface area contributed by atoms with E-state index in [0.717, 1.165) is 0 Å². The Morgan fingerprint density at radius 1 is 1.10 bits per heavy atom. The smallest absolute Gasteiger partial charge is 0.0398 e. The second-order valence-electron chi connectivity index (χ2n) is 1.82. The minimum absolute atomic E-state index is 1.32. The highest BCUT2D eigenvalue weighted by atomic mass is 15.4. The maximum Gasteiger partial charge on any atom is -0.0398 e. The molecule has 0 spiro atoms. The molecule has 56 valence electrons. The van der Waals surface area contributed by atoms with Gasteiger partial charge in [-0.2, -0.15) is 5.53 Å². The van der Waals surface area contributed by atoms with E-state index in [9.17, 15) is 0 Å². The lowest BCUT2D eigenvalue weighted by Crippen LogP contribution is -2.29. The standard InChI is InChI=1S/C7H8.H5N3/c1-7-5-3-2-4-6-7;1-3-2/h2-6H,1H3;3H,1-2H2. The first-order valence-electron chi connectivity index (χ1n) is 2.99. The first kappa shape index (κ1) is 9.10. The molecule has 1 aromatic carbocycles. The average molecular weight is 139 g/mol. The lowest BCUT2D eigenvalue weighted by molar-refractivity contribution is 0.803. The Morgan fingerprint density at radius 2 is 1.50 bits per heavy atom. The van der Waals surface area contributed by atoms with Gasteiger partial charge in [-0.3, -0.25) is 11.7 Å². The molecule has 0 heterocycles. The van der Waals surface area contributed by atoms with Crippen LogP contribution in [0.5, 0.6) is 0 Å². The van der Waals surface area contributed by atoms with E-state index >= 15 is 0 Å². The number of nitrogens with two attached hydrogens (primary N) is 2. The Bertz CT molecular complexity index is 150. The van der Waals surface area contributed by atoms with Gasteiger partial charge in [0.15, 0.2) is 0 Å². The molecule has 1 aromatic rings. The zero-order valence-corrected chi connectivity index (χ0v) is 6.04. The molecule has 0 radical (unpaired) electrons. The lowest BCUT2D eigenvalue weighted by atomic mass is 10.2. The molecule has 0 saturated carbocycles. The molecule has 0 saturated heterocycles. The van der Waals surface area contributed by atoms with Crippen molar-refractivity contribution in [1.29, 1.82) is 0 Å². The zero-order chi connectivity index (χ0) is 7.82. The number of hydrazine groups is 2. The van der Waals surface area contributed by atoms with Crippen molar-refractivity contribution in [3.63, 3.8) is 0 Å². The van der Waals surface area contributed by atoms with E-state index < -0.39 is 0 Å². The topological polar surface area (TPSA) is 64.1 Å². The number of hydrogen-bond acceptors (Lipinski definition) is 3.